The van der Waals surface area contributed by atoms with E-state index in [9.17, 15) is 0 Å². The fourth-order valence-corrected chi connectivity index (χ4v) is 1.95. The molecule has 2 N–H and O–H groups in total. The number of hydrogen-bond acceptors (Lipinski definition) is 3. The lowest BCUT2D eigenvalue weighted by atomic mass is 10.1. The van der Waals surface area contributed by atoms with Crippen LogP contribution in [0.2, 0.25) is 0 Å². The standard InChI is InChI=1S/C11H25N3/c1-12-7-3-4-8-13-11-5-9-14(2)10-6-11/h11-13H,3-10H2,1-2H3. The molecule has 1 rings (SSSR count). The summed E-state index contributed by atoms with van der Waals surface area (Å²) in [5.41, 5.74) is 0. The van der Waals surface area contributed by atoms with Gasteiger partial charge in [-0.25, -0.2) is 0 Å². The van der Waals surface area contributed by atoms with Crippen LogP contribution in [-0.2, 0) is 0 Å². The van der Waals surface area contributed by atoms with Crippen LogP contribution in [0.3, 0.4) is 0 Å². The minimum absolute atomic E-state index is 0.779. The van der Waals surface area contributed by atoms with Crippen LogP contribution in [0.5, 0.6) is 0 Å². The van der Waals surface area contributed by atoms with E-state index >= 15 is 0 Å². The average molecular weight is 199 g/mol. The minimum atomic E-state index is 0.779. The Morgan fingerprint density at radius 2 is 1.79 bits per heavy atom. The van der Waals surface area contributed by atoms with Crippen molar-refractivity contribution in [1.29, 1.82) is 0 Å². The Kier molecular flexibility index (Phi) is 6.15. The van der Waals surface area contributed by atoms with Gasteiger partial charge >= 0.3 is 0 Å². The Hall–Kier alpha value is -0.120. The summed E-state index contributed by atoms with van der Waals surface area (Å²) >= 11 is 0. The van der Waals surface area contributed by atoms with Crippen LogP contribution in [0, 0.1) is 0 Å². The molecular formula is C11H25N3. The molecule has 0 radical (unpaired) electrons. The van der Waals surface area contributed by atoms with Crippen LogP contribution in [0.15, 0.2) is 0 Å². The first-order chi connectivity index (χ1) is 6.83. The van der Waals surface area contributed by atoms with E-state index in [4.69, 9.17) is 0 Å². The Morgan fingerprint density at radius 3 is 2.43 bits per heavy atom. The third kappa shape index (κ3) is 4.94. The first-order valence-electron chi connectivity index (χ1n) is 5.89. The molecule has 1 saturated heterocycles. The topological polar surface area (TPSA) is 27.3 Å². The normalized spacial score (nSPS) is 20.1. The first-order valence-corrected chi connectivity index (χ1v) is 5.89. The Labute approximate surface area is 88.2 Å². The number of rotatable bonds is 6. The lowest BCUT2D eigenvalue weighted by Gasteiger charge is -2.29. The molecule has 0 spiro atoms. The summed E-state index contributed by atoms with van der Waals surface area (Å²) in [7, 11) is 4.23. The highest BCUT2D eigenvalue weighted by Crippen LogP contribution is 2.07. The van der Waals surface area contributed by atoms with Gasteiger partial charge in [0, 0.05) is 6.04 Å². The first kappa shape index (κ1) is 12.0. The molecule has 3 heteroatoms. The van der Waals surface area contributed by atoms with Gasteiger partial charge in [0.05, 0.1) is 0 Å². The van der Waals surface area contributed by atoms with Crippen molar-refractivity contribution in [3.8, 4) is 0 Å². The van der Waals surface area contributed by atoms with Gasteiger partial charge < -0.3 is 15.5 Å². The fourth-order valence-electron chi connectivity index (χ4n) is 1.95. The van der Waals surface area contributed by atoms with Gasteiger partial charge in [0.1, 0.15) is 0 Å². The molecule has 1 fully saturated rings. The van der Waals surface area contributed by atoms with E-state index in [1.54, 1.807) is 0 Å². The molecule has 84 valence electrons. The fraction of sp³-hybridized carbons (Fsp3) is 1.00. The second kappa shape index (κ2) is 7.21. The molecule has 0 aliphatic carbocycles. The molecule has 0 aromatic heterocycles. The van der Waals surface area contributed by atoms with Gasteiger partial charge in [0.25, 0.3) is 0 Å². The summed E-state index contributed by atoms with van der Waals surface area (Å²) in [6.45, 7) is 4.85. The van der Waals surface area contributed by atoms with E-state index < -0.39 is 0 Å². The van der Waals surface area contributed by atoms with Gasteiger partial charge in [-0.3, -0.25) is 0 Å². The van der Waals surface area contributed by atoms with E-state index in [0.717, 1.165) is 12.6 Å². The quantitative estimate of drug-likeness (QED) is 0.616. The maximum atomic E-state index is 3.65. The van der Waals surface area contributed by atoms with Crippen LogP contribution < -0.4 is 10.6 Å². The van der Waals surface area contributed by atoms with E-state index in [1.807, 2.05) is 7.05 Å². The zero-order valence-corrected chi connectivity index (χ0v) is 9.68. The maximum Gasteiger partial charge on any atom is 0.00914 e. The third-order valence-corrected chi connectivity index (χ3v) is 3.01. The van der Waals surface area contributed by atoms with Crippen LogP contribution in [0.4, 0.5) is 0 Å². The maximum absolute atomic E-state index is 3.65. The minimum Gasteiger partial charge on any atom is -0.320 e. The molecular weight excluding hydrogens is 174 g/mol. The molecule has 1 aliphatic heterocycles. The van der Waals surface area contributed by atoms with E-state index in [-0.39, 0.29) is 0 Å². The molecule has 0 aromatic rings. The van der Waals surface area contributed by atoms with Crippen LogP contribution in [0.25, 0.3) is 0 Å². The highest BCUT2D eigenvalue weighted by molar-refractivity contribution is 4.75. The summed E-state index contributed by atoms with van der Waals surface area (Å²) in [6.07, 6.45) is 5.23. The SMILES string of the molecule is CNCCCCNC1CCN(C)CC1. The lowest BCUT2D eigenvalue weighted by Crippen LogP contribution is -2.41. The summed E-state index contributed by atoms with van der Waals surface area (Å²) in [6, 6.07) is 0.779. The van der Waals surface area contributed by atoms with Gasteiger partial charge in [-0.15, -0.1) is 0 Å². The van der Waals surface area contributed by atoms with Gasteiger partial charge in [0.2, 0.25) is 0 Å². The molecule has 0 atom stereocenters. The molecule has 0 amide bonds. The second-order valence-corrected chi connectivity index (χ2v) is 4.34. The number of unbranched alkanes of at least 4 members (excludes halogenated alkanes) is 1. The molecule has 1 aliphatic rings. The van der Waals surface area contributed by atoms with Crippen molar-refractivity contribution >= 4 is 0 Å². The smallest absolute Gasteiger partial charge is 0.00914 e. The highest BCUT2D eigenvalue weighted by Gasteiger charge is 2.14. The number of nitrogens with one attached hydrogen (secondary N) is 2. The zero-order chi connectivity index (χ0) is 10.2. The van der Waals surface area contributed by atoms with Crippen molar-refractivity contribution in [3.63, 3.8) is 0 Å². The number of likely N-dealkylation sites (tertiary alicyclic amines) is 1. The van der Waals surface area contributed by atoms with Crippen molar-refractivity contribution in [1.82, 2.24) is 15.5 Å². The van der Waals surface area contributed by atoms with Crippen LogP contribution in [0.1, 0.15) is 25.7 Å². The summed E-state index contributed by atoms with van der Waals surface area (Å²) in [4.78, 5) is 2.42. The molecule has 3 nitrogen and oxygen atoms in total. The summed E-state index contributed by atoms with van der Waals surface area (Å²) < 4.78 is 0. The lowest BCUT2D eigenvalue weighted by molar-refractivity contribution is 0.234. The zero-order valence-electron chi connectivity index (χ0n) is 9.68. The highest BCUT2D eigenvalue weighted by atomic mass is 15.1. The second-order valence-electron chi connectivity index (χ2n) is 4.34. The predicted molar refractivity (Wildman–Crippen MR) is 61.7 cm³/mol. The largest absolute Gasteiger partial charge is 0.320 e. The third-order valence-electron chi connectivity index (χ3n) is 3.01. The van der Waals surface area contributed by atoms with Crippen molar-refractivity contribution < 1.29 is 0 Å². The monoisotopic (exact) mass is 199 g/mol. The number of nitrogens with zero attached hydrogens (tertiary/aromatic N) is 1. The Bertz CT molecular complexity index is 130. The van der Waals surface area contributed by atoms with Crippen molar-refractivity contribution in [3.05, 3.63) is 0 Å². The van der Waals surface area contributed by atoms with E-state index in [1.165, 1.54) is 45.3 Å². The van der Waals surface area contributed by atoms with Gasteiger partial charge in [-0.2, -0.15) is 0 Å². The summed E-state index contributed by atoms with van der Waals surface area (Å²) in [5, 5.41) is 6.82. The van der Waals surface area contributed by atoms with Crippen LogP contribution >= 0.6 is 0 Å². The summed E-state index contributed by atoms with van der Waals surface area (Å²) in [5.74, 6) is 0. The van der Waals surface area contributed by atoms with Gasteiger partial charge in [0.15, 0.2) is 0 Å². The van der Waals surface area contributed by atoms with E-state index in [2.05, 4.69) is 22.6 Å². The molecule has 0 aromatic carbocycles. The Morgan fingerprint density at radius 1 is 1.14 bits per heavy atom. The van der Waals surface area contributed by atoms with Crippen molar-refractivity contribution in [2.24, 2.45) is 0 Å². The van der Waals surface area contributed by atoms with Crippen molar-refractivity contribution in [2.45, 2.75) is 31.7 Å². The van der Waals surface area contributed by atoms with Gasteiger partial charge in [-0.05, 0) is 66.0 Å². The molecule has 0 bridgehead atoms. The van der Waals surface area contributed by atoms with Crippen molar-refractivity contribution in [2.75, 3.05) is 40.3 Å². The van der Waals surface area contributed by atoms with E-state index in [0.29, 0.717) is 0 Å². The number of piperidine rings is 1. The van der Waals surface area contributed by atoms with Gasteiger partial charge in [-0.1, -0.05) is 0 Å². The molecule has 0 unspecified atom stereocenters. The predicted octanol–water partition coefficient (Wildman–Crippen LogP) is 0.670. The Balaban J connectivity index is 1.91. The molecule has 0 saturated carbocycles. The molecule has 1 heterocycles. The van der Waals surface area contributed by atoms with Crippen LogP contribution in [-0.4, -0.2) is 51.2 Å². The number of hydrogen-bond donors (Lipinski definition) is 2. The molecule has 14 heavy (non-hydrogen) atoms. The average Bonchev–Trinajstić information content (AvgIpc) is 2.21.